The molecule has 1 saturated carbocycles. The number of fused-ring (bicyclic) bond motifs is 5. The highest BCUT2D eigenvalue weighted by Gasteiger charge is 2.50. The number of thiophene rings is 1. The molecule has 1 spiro atoms. The van der Waals surface area contributed by atoms with Gasteiger partial charge < -0.3 is 14.8 Å². The molecule has 3 heterocycles. The van der Waals surface area contributed by atoms with Gasteiger partial charge in [-0.15, -0.1) is 11.3 Å². The SMILES string of the molecule is CN(C)C(c1ccc(Cl)cc1)C1CCC2(CC1)c1[nH]c3ccccc3c1CCN2C(=O)c1csc2ccccc12. The third-order valence-electron chi connectivity index (χ3n) is 9.41. The van der Waals surface area contributed by atoms with E-state index < -0.39 is 0 Å². The van der Waals surface area contributed by atoms with Crippen LogP contribution in [0.3, 0.4) is 0 Å². The van der Waals surface area contributed by atoms with E-state index >= 15 is 0 Å². The van der Waals surface area contributed by atoms with Crippen LogP contribution < -0.4 is 0 Å². The van der Waals surface area contributed by atoms with Gasteiger partial charge in [0.1, 0.15) is 0 Å². The minimum Gasteiger partial charge on any atom is -0.356 e. The van der Waals surface area contributed by atoms with Gasteiger partial charge in [0.25, 0.3) is 5.91 Å². The van der Waals surface area contributed by atoms with Crippen LogP contribution in [0, 0.1) is 5.92 Å². The third-order valence-corrected chi connectivity index (χ3v) is 10.6. The summed E-state index contributed by atoms with van der Waals surface area (Å²) < 4.78 is 1.17. The van der Waals surface area contributed by atoms with Crippen molar-refractivity contribution in [3.8, 4) is 0 Å². The van der Waals surface area contributed by atoms with Crippen molar-refractivity contribution in [3.05, 3.63) is 106 Å². The number of para-hydroxylation sites is 1. The van der Waals surface area contributed by atoms with E-state index in [4.69, 9.17) is 11.6 Å². The first kappa shape index (κ1) is 25.8. The molecular weight excluding hydrogens is 534 g/mol. The fourth-order valence-electron chi connectivity index (χ4n) is 7.62. The molecule has 3 aromatic carbocycles. The second-order valence-electron chi connectivity index (χ2n) is 11.7. The quantitative estimate of drug-likeness (QED) is 0.237. The zero-order chi connectivity index (χ0) is 27.4. The molecule has 4 nitrogen and oxygen atoms in total. The lowest BCUT2D eigenvalue weighted by atomic mass is 9.68. The van der Waals surface area contributed by atoms with Crippen molar-refractivity contribution in [1.29, 1.82) is 0 Å². The van der Waals surface area contributed by atoms with Gasteiger partial charge in [-0.25, -0.2) is 0 Å². The first-order valence-corrected chi connectivity index (χ1v) is 15.5. The van der Waals surface area contributed by atoms with E-state index in [2.05, 4.69) is 88.9 Å². The third kappa shape index (κ3) is 4.09. The fraction of sp³-hybridized carbons (Fsp3) is 0.324. The molecule has 1 unspecified atom stereocenters. The van der Waals surface area contributed by atoms with Crippen LogP contribution in [-0.4, -0.2) is 41.3 Å². The molecule has 1 atom stereocenters. The van der Waals surface area contributed by atoms with E-state index in [1.807, 2.05) is 18.2 Å². The van der Waals surface area contributed by atoms with Gasteiger partial charge in [-0.3, -0.25) is 4.79 Å². The van der Waals surface area contributed by atoms with Crippen molar-refractivity contribution in [2.45, 2.75) is 43.7 Å². The van der Waals surface area contributed by atoms with Gasteiger partial charge in [0.15, 0.2) is 0 Å². The number of nitrogens with zero attached hydrogens (tertiary/aromatic N) is 2. The van der Waals surface area contributed by atoms with E-state index in [0.29, 0.717) is 12.0 Å². The maximum Gasteiger partial charge on any atom is 0.256 e. The van der Waals surface area contributed by atoms with E-state index in [0.717, 1.165) is 54.6 Å². The summed E-state index contributed by atoms with van der Waals surface area (Å²) in [6.45, 7) is 0.747. The van der Waals surface area contributed by atoms with Crippen molar-refractivity contribution < 1.29 is 4.79 Å². The largest absolute Gasteiger partial charge is 0.356 e. The van der Waals surface area contributed by atoms with E-state index in [9.17, 15) is 4.79 Å². The Kier molecular flexibility index (Phi) is 6.49. The van der Waals surface area contributed by atoms with Crippen LogP contribution in [0.25, 0.3) is 21.0 Å². The molecule has 0 radical (unpaired) electrons. The van der Waals surface area contributed by atoms with Crippen molar-refractivity contribution in [2.24, 2.45) is 5.92 Å². The monoisotopic (exact) mass is 567 g/mol. The van der Waals surface area contributed by atoms with Crippen molar-refractivity contribution >= 4 is 49.8 Å². The number of carbonyl (C=O) groups is 1. The molecule has 0 bridgehead atoms. The van der Waals surface area contributed by atoms with Crippen LogP contribution in [0.4, 0.5) is 0 Å². The molecule has 1 amide bonds. The molecule has 1 N–H and O–H groups in total. The van der Waals surface area contributed by atoms with E-state index in [-0.39, 0.29) is 11.4 Å². The molecule has 40 heavy (non-hydrogen) atoms. The molecule has 2 aromatic heterocycles. The lowest BCUT2D eigenvalue weighted by Crippen LogP contribution is -2.55. The molecule has 6 heteroatoms. The highest BCUT2D eigenvalue weighted by atomic mass is 35.5. The second-order valence-corrected chi connectivity index (χ2v) is 13.1. The standard InChI is InChI=1S/C34H34ClN3OS/c1-37(2)31(22-11-13-24(35)14-12-22)23-15-18-34(19-16-23)32-27(25-7-3-5-9-29(25)36-32)17-20-38(34)33(39)28-21-40-30-10-6-4-8-26(28)30/h3-14,21,23,31,36H,15-20H2,1-2H3. The number of nitrogens with one attached hydrogen (secondary N) is 1. The summed E-state index contributed by atoms with van der Waals surface area (Å²) >= 11 is 7.90. The Bertz CT molecular complexity index is 1690. The summed E-state index contributed by atoms with van der Waals surface area (Å²) in [7, 11) is 4.36. The smallest absolute Gasteiger partial charge is 0.256 e. The normalized spacial score (nSPS) is 21.8. The maximum absolute atomic E-state index is 14.4. The Hall–Kier alpha value is -3.12. The Morgan fingerprint density at radius 2 is 1.70 bits per heavy atom. The van der Waals surface area contributed by atoms with Crippen molar-refractivity contribution in [3.63, 3.8) is 0 Å². The van der Waals surface area contributed by atoms with Gasteiger partial charge in [0.2, 0.25) is 0 Å². The molecule has 7 rings (SSSR count). The number of hydrogen-bond acceptors (Lipinski definition) is 3. The zero-order valence-corrected chi connectivity index (χ0v) is 24.6. The highest BCUT2D eigenvalue weighted by molar-refractivity contribution is 7.17. The van der Waals surface area contributed by atoms with Crippen LogP contribution in [-0.2, 0) is 12.0 Å². The minimum atomic E-state index is -0.333. The summed E-state index contributed by atoms with van der Waals surface area (Å²) in [4.78, 5) is 22.9. The molecule has 5 aromatic rings. The summed E-state index contributed by atoms with van der Waals surface area (Å²) in [5, 5.41) is 5.21. The summed E-state index contributed by atoms with van der Waals surface area (Å²) in [6.07, 6.45) is 4.87. The van der Waals surface area contributed by atoms with E-state index in [1.165, 1.54) is 32.4 Å². The molecule has 1 aliphatic carbocycles. The minimum absolute atomic E-state index is 0.169. The molecule has 1 fully saturated rings. The lowest BCUT2D eigenvalue weighted by molar-refractivity contribution is 0.00932. The van der Waals surface area contributed by atoms with Crippen LogP contribution in [0.5, 0.6) is 0 Å². The molecule has 0 saturated heterocycles. The predicted molar refractivity (Wildman–Crippen MR) is 166 cm³/mol. The summed E-state index contributed by atoms with van der Waals surface area (Å²) in [5.74, 6) is 0.664. The number of carbonyl (C=O) groups excluding carboxylic acids is 1. The number of amides is 1. The molecule has 1 aliphatic heterocycles. The zero-order valence-electron chi connectivity index (χ0n) is 23.0. The number of halogens is 1. The first-order valence-electron chi connectivity index (χ1n) is 14.3. The van der Waals surface area contributed by atoms with Crippen LogP contribution >= 0.6 is 22.9 Å². The molecule has 204 valence electrons. The average molecular weight is 568 g/mol. The van der Waals surface area contributed by atoms with E-state index in [1.54, 1.807) is 11.3 Å². The maximum atomic E-state index is 14.4. The van der Waals surface area contributed by atoms with Crippen LogP contribution in [0.1, 0.15) is 58.9 Å². The number of hydrogen-bond donors (Lipinski definition) is 1. The Morgan fingerprint density at radius 1 is 1.00 bits per heavy atom. The van der Waals surface area contributed by atoms with Gasteiger partial charge in [0, 0.05) is 49.7 Å². The van der Waals surface area contributed by atoms with Gasteiger partial charge in [-0.2, -0.15) is 0 Å². The lowest BCUT2D eigenvalue weighted by Gasteiger charge is -2.52. The van der Waals surface area contributed by atoms with Crippen molar-refractivity contribution in [2.75, 3.05) is 20.6 Å². The number of rotatable bonds is 4. The summed E-state index contributed by atoms with van der Waals surface area (Å²) in [5.41, 5.74) is 5.66. The number of aromatic nitrogens is 1. The van der Waals surface area contributed by atoms with Gasteiger partial charge >= 0.3 is 0 Å². The Morgan fingerprint density at radius 3 is 2.45 bits per heavy atom. The van der Waals surface area contributed by atoms with Gasteiger partial charge in [-0.1, -0.05) is 60.1 Å². The highest BCUT2D eigenvalue weighted by Crippen LogP contribution is 2.52. The fourth-order valence-corrected chi connectivity index (χ4v) is 8.68. The number of aromatic amines is 1. The average Bonchev–Trinajstić information content (AvgIpc) is 3.58. The van der Waals surface area contributed by atoms with Crippen molar-refractivity contribution in [1.82, 2.24) is 14.8 Å². The predicted octanol–water partition coefficient (Wildman–Crippen LogP) is 8.42. The molecule has 2 aliphatic rings. The number of H-pyrrole nitrogens is 1. The first-order chi connectivity index (χ1) is 19.5. The molecular formula is C34H34ClN3OS. The van der Waals surface area contributed by atoms with Crippen LogP contribution in [0.15, 0.2) is 78.2 Å². The Labute approximate surface area is 244 Å². The summed E-state index contributed by atoms with van der Waals surface area (Å²) in [6, 6.07) is 25.6. The van der Waals surface area contributed by atoms with Gasteiger partial charge in [0.05, 0.1) is 11.1 Å². The number of benzene rings is 3. The Balaban J connectivity index is 1.29. The van der Waals surface area contributed by atoms with Crippen LogP contribution in [0.2, 0.25) is 5.02 Å². The van der Waals surface area contributed by atoms with Gasteiger partial charge in [-0.05, 0) is 87.5 Å². The topological polar surface area (TPSA) is 39.3 Å². The second kappa shape index (κ2) is 10.1.